The molecule has 0 radical (unpaired) electrons. The summed E-state index contributed by atoms with van der Waals surface area (Å²) in [4.78, 5) is 15.1. The highest BCUT2D eigenvalue weighted by atomic mass is 16.5. The minimum atomic E-state index is -0.00294. The van der Waals surface area contributed by atoms with Crippen LogP contribution in [0, 0.1) is 0 Å². The molecule has 1 aliphatic heterocycles. The second-order valence-corrected chi connectivity index (χ2v) is 4.82. The van der Waals surface area contributed by atoms with Crippen LogP contribution in [0.4, 0.5) is 5.69 Å². The fraction of sp³-hybridized carbons (Fsp3) is 0.357. The number of nitrogens with two attached hydrogens (primary N) is 1. The summed E-state index contributed by atoms with van der Waals surface area (Å²) in [6.45, 7) is 0.773. The summed E-state index contributed by atoms with van der Waals surface area (Å²) in [5, 5.41) is 4.33. The predicted molar refractivity (Wildman–Crippen MR) is 74.1 cm³/mol. The van der Waals surface area contributed by atoms with Crippen molar-refractivity contribution in [3.05, 3.63) is 30.2 Å². The van der Waals surface area contributed by atoms with E-state index in [9.17, 15) is 4.79 Å². The third kappa shape index (κ3) is 2.42. The molecule has 0 aliphatic carbocycles. The number of ether oxygens (including phenoxy) is 1. The van der Waals surface area contributed by atoms with Crippen LogP contribution >= 0.6 is 0 Å². The summed E-state index contributed by atoms with van der Waals surface area (Å²) in [6, 6.07) is 3.46. The Morgan fingerprint density at radius 1 is 1.40 bits per heavy atom. The lowest BCUT2D eigenvalue weighted by Gasteiger charge is -2.22. The van der Waals surface area contributed by atoms with Crippen molar-refractivity contribution in [2.75, 3.05) is 12.3 Å². The summed E-state index contributed by atoms with van der Waals surface area (Å²) >= 11 is 0. The van der Waals surface area contributed by atoms with Gasteiger partial charge in [-0.3, -0.25) is 4.79 Å². The van der Waals surface area contributed by atoms with Crippen molar-refractivity contribution in [1.29, 1.82) is 0 Å². The zero-order valence-corrected chi connectivity index (χ0v) is 11.0. The van der Waals surface area contributed by atoms with Gasteiger partial charge in [-0.15, -0.1) is 0 Å². The summed E-state index contributed by atoms with van der Waals surface area (Å²) in [5.41, 5.74) is 7.83. The molecule has 20 heavy (non-hydrogen) atoms. The standard InChI is InChI=1S/C14H16N4O2/c15-11-4-5-12(17-13(11)9-19)10-7-16-18(8-10)14-3-1-2-6-20-14/h4-5,7-9,14H,1-3,6,15H2. The first-order valence-corrected chi connectivity index (χ1v) is 6.66. The molecule has 2 aromatic rings. The number of nitrogen functional groups attached to an aromatic ring is 1. The number of carbonyl (C=O) groups is 1. The molecule has 1 fully saturated rings. The molecule has 0 saturated carbocycles. The van der Waals surface area contributed by atoms with Gasteiger partial charge >= 0.3 is 0 Å². The van der Waals surface area contributed by atoms with E-state index in [-0.39, 0.29) is 11.9 Å². The Kier molecular flexibility index (Phi) is 3.47. The van der Waals surface area contributed by atoms with E-state index in [2.05, 4.69) is 10.1 Å². The Morgan fingerprint density at radius 2 is 2.30 bits per heavy atom. The smallest absolute Gasteiger partial charge is 0.170 e. The third-order valence-corrected chi connectivity index (χ3v) is 3.42. The van der Waals surface area contributed by atoms with Gasteiger partial charge in [0.2, 0.25) is 0 Å². The summed E-state index contributed by atoms with van der Waals surface area (Å²) in [6.07, 6.45) is 7.50. The van der Waals surface area contributed by atoms with E-state index in [0.717, 1.165) is 31.4 Å². The van der Waals surface area contributed by atoms with Gasteiger partial charge in [-0.05, 0) is 31.4 Å². The number of rotatable bonds is 3. The summed E-state index contributed by atoms with van der Waals surface area (Å²) in [7, 11) is 0. The molecule has 0 spiro atoms. The molecule has 1 aliphatic rings. The largest absolute Gasteiger partial charge is 0.397 e. The summed E-state index contributed by atoms with van der Waals surface area (Å²) < 4.78 is 7.49. The first-order chi connectivity index (χ1) is 9.78. The van der Waals surface area contributed by atoms with Crippen molar-refractivity contribution in [1.82, 2.24) is 14.8 Å². The highest BCUT2D eigenvalue weighted by Crippen LogP contribution is 2.25. The van der Waals surface area contributed by atoms with Crippen LogP contribution in [0.3, 0.4) is 0 Å². The second-order valence-electron chi connectivity index (χ2n) is 4.82. The third-order valence-electron chi connectivity index (χ3n) is 3.42. The van der Waals surface area contributed by atoms with Crippen LogP contribution in [0.5, 0.6) is 0 Å². The van der Waals surface area contributed by atoms with Gasteiger partial charge < -0.3 is 10.5 Å². The molecule has 104 valence electrons. The van der Waals surface area contributed by atoms with Crippen molar-refractivity contribution in [2.45, 2.75) is 25.5 Å². The first kappa shape index (κ1) is 12.8. The first-order valence-electron chi connectivity index (χ1n) is 6.66. The van der Waals surface area contributed by atoms with Crippen LogP contribution in [-0.4, -0.2) is 27.7 Å². The SMILES string of the molecule is Nc1ccc(-c2cnn(C3CCCCO3)c2)nc1C=O. The Bertz CT molecular complexity index is 617. The number of anilines is 1. The maximum atomic E-state index is 10.9. The average molecular weight is 272 g/mol. The number of aldehydes is 1. The zero-order valence-electron chi connectivity index (χ0n) is 11.0. The van der Waals surface area contributed by atoms with Crippen LogP contribution in [0.25, 0.3) is 11.3 Å². The molecule has 0 amide bonds. The Labute approximate surface area is 116 Å². The molecule has 3 heterocycles. The molecule has 2 N–H and O–H groups in total. The Morgan fingerprint density at radius 3 is 3.05 bits per heavy atom. The minimum Gasteiger partial charge on any atom is -0.397 e. The Hall–Kier alpha value is -2.21. The van der Waals surface area contributed by atoms with Crippen molar-refractivity contribution in [3.8, 4) is 11.3 Å². The lowest BCUT2D eigenvalue weighted by atomic mass is 10.2. The van der Waals surface area contributed by atoms with Crippen LogP contribution in [0.1, 0.15) is 36.0 Å². The molecule has 0 bridgehead atoms. The molecule has 1 unspecified atom stereocenters. The van der Waals surface area contributed by atoms with Crippen LogP contribution in [0.15, 0.2) is 24.5 Å². The molecule has 0 aromatic carbocycles. The van der Waals surface area contributed by atoms with Crippen molar-refractivity contribution < 1.29 is 9.53 Å². The van der Waals surface area contributed by atoms with Gasteiger partial charge in [0, 0.05) is 18.4 Å². The van der Waals surface area contributed by atoms with E-state index in [1.807, 2.05) is 10.9 Å². The maximum Gasteiger partial charge on any atom is 0.170 e. The Balaban J connectivity index is 1.87. The van der Waals surface area contributed by atoms with Gasteiger partial charge in [-0.2, -0.15) is 5.10 Å². The van der Waals surface area contributed by atoms with Gasteiger partial charge in [0.05, 0.1) is 17.6 Å². The monoisotopic (exact) mass is 272 g/mol. The van der Waals surface area contributed by atoms with Gasteiger partial charge in [-0.1, -0.05) is 0 Å². The lowest BCUT2D eigenvalue weighted by Crippen LogP contribution is -2.18. The van der Waals surface area contributed by atoms with Gasteiger partial charge in [0.1, 0.15) is 11.9 Å². The van der Waals surface area contributed by atoms with Gasteiger partial charge in [0.25, 0.3) is 0 Å². The number of hydrogen-bond acceptors (Lipinski definition) is 5. The molecule has 2 aromatic heterocycles. The normalized spacial score (nSPS) is 18.9. The highest BCUT2D eigenvalue weighted by molar-refractivity contribution is 5.81. The lowest BCUT2D eigenvalue weighted by molar-refractivity contribution is -0.0394. The van der Waals surface area contributed by atoms with E-state index in [0.29, 0.717) is 17.7 Å². The van der Waals surface area contributed by atoms with Gasteiger partial charge in [-0.25, -0.2) is 9.67 Å². The number of aromatic nitrogens is 3. The van der Waals surface area contributed by atoms with Crippen molar-refractivity contribution in [2.24, 2.45) is 0 Å². The minimum absolute atomic E-state index is 0.00294. The van der Waals surface area contributed by atoms with E-state index in [1.54, 1.807) is 18.3 Å². The maximum absolute atomic E-state index is 10.9. The molecule has 1 atom stereocenters. The molecule has 6 heteroatoms. The quantitative estimate of drug-likeness (QED) is 0.864. The molecular formula is C14H16N4O2. The van der Waals surface area contributed by atoms with E-state index >= 15 is 0 Å². The average Bonchev–Trinajstić information content (AvgIpc) is 2.98. The summed E-state index contributed by atoms with van der Waals surface area (Å²) in [5.74, 6) is 0. The topological polar surface area (TPSA) is 83.0 Å². The zero-order chi connectivity index (χ0) is 13.9. The van der Waals surface area contributed by atoms with Crippen molar-refractivity contribution >= 4 is 12.0 Å². The van der Waals surface area contributed by atoms with E-state index < -0.39 is 0 Å². The van der Waals surface area contributed by atoms with Crippen LogP contribution < -0.4 is 5.73 Å². The van der Waals surface area contributed by atoms with E-state index in [4.69, 9.17) is 10.5 Å². The molecular weight excluding hydrogens is 256 g/mol. The predicted octanol–water partition coefficient (Wildman–Crippen LogP) is 2.04. The number of nitrogens with zero attached hydrogens (tertiary/aromatic N) is 3. The van der Waals surface area contributed by atoms with Gasteiger partial charge in [0.15, 0.2) is 6.29 Å². The fourth-order valence-electron chi connectivity index (χ4n) is 2.30. The van der Waals surface area contributed by atoms with E-state index in [1.165, 1.54) is 0 Å². The fourth-order valence-corrected chi connectivity index (χ4v) is 2.30. The molecule has 6 nitrogen and oxygen atoms in total. The second kappa shape index (κ2) is 5.42. The highest BCUT2D eigenvalue weighted by Gasteiger charge is 2.17. The molecule has 3 rings (SSSR count). The van der Waals surface area contributed by atoms with Crippen molar-refractivity contribution in [3.63, 3.8) is 0 Å². The number of carbonyl (C=O) groups excluding carboxylic acids is 1. The number of hydrogen-bond donors (Lipinski definition) is 1. The number of pyridine rings is 1. The molecule has 1 saturated heterocycles. The van der Waals surface area contributed by atoms with Crippen LogP contribution in [0.2, 0.25) is 0 Å². The van der Waals surface area contributed by atoms with Crippen LogP contribution in [-0.2, 0) is 4.74 Å².